The Morgan fingerprint density at radius 2 is 1.95 bits per heavy atom. The maximum Gasteiger partial charge on any atom is 0.126 e. The van der Waals surface area contributed by atoms with Crippen molar-refractivity contribution in [3.8, 4) is 0 Å². The molecular weight excluding hydrogens is 317 g/mol. The van der Waals surface area contributed by atoms with Crippen LogP contribution in [0.1, 0.15) is 46.6 Å². The summed E-state index contributed by atoms with van der Waals surface area (Å²) in [5.41, 5.74) is 1.06. The van der Waals surface area contributed by atoms with Gasteiger partial charge in [0.1, 0.15) is 5.82 Å². The largest absolute Gasteiger partial charge is 0.314 e. The van der Waals surface area contributed by atoms with Crippen LogP contribution in [-0.2, 0) is 6.42 Å². The summed E-state index contributed by atoms with van der Waals surface area (Å²) in [7, 11) is 0. The third kappa shape index (κ3) is 5.53. The van der Waals surface area contributed by atoms with E-state index < -0.39 is 0 Å². The van der Waals surface area contributed by atoms with Crippen molar-refractivity contribution >= 4 is 15.9 Å². The summed E-state index contributed by atoms with van der Waals surface area (Å²) < 4.78 is 14.8. The lowest BCUT2D eigenvalue weighted by molar-refractivity contribution is 0.222. The molecule has 0 aliphatic heterocycles. The molecule has 0 saturated carbocycles. The first-order valence-electron chi connectivity index (χ1n) is 7.41. The Morgan fingerprint density at radius 3 is 2.50 bits per heavy atom. The number of nitrogens with one attached hydrogen (secondary N) is 1. The molecule has 1 N–H and O–H groups in total. The molecule has 0 amide bonds. The molecule has 0 fully saturated rings. The van der Waals surface area contributed by atoms with Crippen molar-refractivity contribution in [2.75, 3.05) is 6.54 Å². The first-order valence-corrected chi connectivity index (χ1v) is 8.20. The fourth-order valence-corrected chi connectivity index (χ4v) is 2.68. The lowest BCUT2D eigenvalue weighted by Gasteiger charge is -2.31. The van der Waals surface area contributed by atoms with E-state index in [1.807, 2.05) is 6.07 Å². The van der Waals surface area contributed by atoms with Crippen molar-refractivity contribution in [1.82, 2.24) is 5.32 Å². The van der Waals surface area contributed by atoms with Gasteiger partial charge in [0.05, 0.1) is 0 Å². The number of hydrogen-bond acceptors (Lipinski definition) is 1. The molecule has 20 heavy (non-hydrogen) atoms. The molecule has 114 valence electrons. The van der Waals surface area contributed by atoms with Gasteiger partial charge in [-0.15, -0.1) is 0 Å². The molecule has 1 aromatic carbocycles. The number of hydrogen-bond donors (Lipinski definition) is 1. The number of benzene rings is 1. The van der Waals surface area contributed by atoms with E-state index in [0.717, 1.165) is 29.4 Å². The zero-order chi connectivity index (χ0) is 15.3. The molecule has 0 heterocycles. The maximum absolute atomic E-state index is 13.9. The highest BCUT2D eigenvalue weighted by Gasteiger charge is 2.24. The second-order valence-corrected chi connectivity index (χ2v) is 7.61. The molecule has 0 aliphatic rings. The van der Waals surface area contributed by atoms with Crippen molar-refractivity contribution in [1.29, 1.82) is 0 Å². The number of rotatable bonds is 6. The van der Waals surface area contributed by atoms with E-state index in [1.165, 1.54) is 6.07 Å². The summed E-state index contributed by atoms with van der Waals surface area (Å²) in [6.45, 7) is 12.1. The molecule has 0 bridgehead atoms. The SMILES string of the molecule is CCNC(Cc1cc(Br)ccc1F)CC(C)C(C)(C)C. The van der Waals surface area contributed by atoms with Crippen LogP contribution in [0.4, 0.5) is 4.39 Å². The zero-order valence-corrected chi connectivity index (χ0v) is 14.8. The summed E-state index contributed by atoms with van der Waals surface area (Å²) >= 11 is 3.42. The minimum absolute atomic E-state index is 0.112. The fraction of sp³-hybridized carbons (Fsp3) is 0.647. The lowest BCUT2D eigenvalue weighted by atomic mass is 9.78. The lowest BCUT2D eigenvalue weighted by Crippen LogP contribution is -2.35. The third-order valence-electron chi connectivity index (χ3n) is 4.08. The molecule has 1 aromatic rings. The first kappa shape index (κ1) is 17.6. The Morgan fingerprint density at radius 1 is 1.30 bits per heavy atom. The van der Waals surface area contributed by atoms with E-state index >= 15 is 0 Å². The molecule has 0 radical (unpaired) electrons. The predicted molar refractivity (Wildman–Crippen MR) is 88.5 cm³/mol. The van der Waals surface area contributed by atoms with E-state index in [9.17, 15) is 4.39 Å². The van der Waals surface area contributed by atoms with Crippen LogP contribution in [0.15, 0.2) is 22.7 Å². The summed E-state index contributed by atoms with van der Waals surface area (Å²) in [5, 5.41) is 3.50. The average molecular weight is 344 g/mol. The molecule has 2 unspecified atom stereocenters. The Labute approximate surface area is 131 Å². The van der Waals surface area contributed by atoms with E-state index in [2.05, 4.69) is 55.9 Å². The van der Waals surface area contributed by atoms with Gasteiger partial charge in [0.15, 0.2) is 0 Å². The van der Waals surface area contributed by atoms with Gasteiger partial charge in [-0.1, -0.05) is 50.5 Å². The second-order valence-electron chi connectivity index (χ2n) is 6.70. The molecular formula is C17H27BrFN. The van der Waals surface area contributed by atoms with Gasteiger partial charge in [-0.25, -0.2) is 4.39 Å². The van der Waals surface area contributed by atoms with Gasteiger partial charge < -0.3 is 5.32 Å². The molecule has 2 atom stereocenters. The van der Waals surface area contributed by atoms with Crippen molar-refractivity contribution < 1.29 is 4.39 Å². The highest BCUT2D eigenvalue weighted by Crippen LogP contribution is 2.30. The van der Waals surface area contributed by atoms with Crippen molar-refractivity contribution in [3.63, 3.8) is 0 Å². The van der Waals surface area contributed by atoms with E-state index in [0.29, 0.717) is 12.0 Å². The van der Waals surface area contributed by atoms with Crippen LogP contribution in [0.3, 0.4) is 0 Å². The highest BCUT2D eigenvalue weighted by molar-refractivity contribution is 9.10. The Kier molecular flexibility index (Phi) is 6.67. The van der Waals surface area contributed by atoms with Crippen LogP contribution >= 0.6 is 15.9 Å². The fourth-order valence-electron chi connectivity index (χ4n) is 2.27. The summed E-state index contributed by atoms with van der Waals surface area (Å²) in [6.07, 6.45) is 1.79. The van der Waals surface area contributed by atoms with Gasteiger partial charge in [-0.3, -0.25) is 0 Å². The predicted octanol–water partition coefficient (Wildman–Crippen LogP) is 5.18. The normalized spacial score (nSPS) is 15.2. The van der Waals surface area contributed by atoms with Crippen LogP contribution < -0.4 is 5.32 Å². The van der Waals surface area contributed by atoms with Crippen molar-refractivity contribution in [3.05, 3.63) is 34.1 Å². The quantitative estimate of drug-likeness (QED) is 0.750. The van der Waals surface area contributed by atoms with Gasteiger partial charge in [-0.2, -0.15) is 0 Å². The molecule has 1 nitrogen and oxygen atoms in total. The molecule has 0 aromatic heterocycles. The smallest absolute Gasteiger partial charge is 0.126 e. The van der Waals surface area contributed by atoms with Crippen molar-refractivity contribution in [2.24, 2.45) is 11.3 Å². The standard InChI is InChI=1S/C17H27BrFN/c1-6-20-15(9-12(2)17(3,4)5)11-13-10-14(18)7-8-16(13)19/h7-8,10,12,15,20H,6,9,11H2,1-5H3. The van der Waals surface area contributed by atoms with Gasteiger partial charge in [0.25, 0.3) is 0 Å². The molecule has 0 aliphatic carbocycles. The first-order chi connectivity index (χ1) is 9.24. The zero-order valence-electron chi connectivity index (χ0n) is 13.3. The van der Waals surface area contributed by atoms with E-state index in [-0.39, 0.29) is 11.2 Å². The van der Waals surface area contributed by atoms with Gasteiger partial charge >= 0.3 is 0 Å². The number of halogens is 2. The minimum atomic E-state index is -0.112. The minimum Gasteiger partial charge on any atom is -0.314 e. The molecule has 0 saturated heterocycles. The molecule has 0 spiro atoms. The molecule has 3 heteroatoms. The Balaban J connectivity index is 2.79. The van der Waals surface area contributed by atoms with Crippen molar-refractivity contribution in [2.45, 2.75) is 53.5 Å². The van der Waals surface area contributed by atoms with Crippen LogP contribution in [0.2, 0.25) is 0 Å². The van der Waals surface area contributed by atoms with Gasteiger partial charge in [-0.05, 0) is 54.5 Å². The van der Waals surface area contributed by atoms with Gasteiger partial charge in [0.2, 0.25) is 0 Å². The Hall–Kier alpha value is -0.410. The maximum atomic E-state index is 13.9. The van der Waals surface area contributed by atoms with E-state index in [1.54, 1.807) is 6.07 Å². The van der Waals surface area contributed by atoms with Gasteiger partial charge in [0, 0.05) is 10.5 Å². The van der Waals surface area contributed by atoms with E-state index in [4.69, 9.17) is 0 Å². The monoisotopic (exact) mass is 343 g/mol. The second kappa shape index (κ2) is 7.56. The molecule has 1 rings (SSSR count). The van der Waals surface area contributed by atoms with Crippen LogP contribution in [0.5, 0.6) is 0 Å². The summed E-state index contributed by atoms with van der Waals surface area (Å²) in [6, 6.07) is 5.49. The topological polar surface area (TPSA) is 12.0 Å². The van der Waals surface area contributed by atoms with Crippen LogP contribution in [0.25, 0.3) is 0 Å². The highest BCUT2D eigenvalue weighted by atomic mass is 79.9. The average Bonchev–Trinajstić information content (AvgIpc) is 2.33. The third-order valence-corrected chi connectivity index (χ3v) is 4.58. The number of likely N-dealkylation sites (N-methyl/N-ethyl adjacent to an activating group) is 1. The summed E-state index contributed by atoms with van der Waals surface area (Å²) in [5.74, 6) is 0.473. The summed E-state index contributed by atoms with van der Waals surface area (Å²) in [4.78, 5) is 0. The van der Waals surface area contributed by atoms with Crippen LogP contribution in [-0.4, -0.2) is 12.6 Å². The Bertz CT molecular complexity index is 425. The van der Waals surface area contributed by atoms with Crippen LogP contribution in [0, 0.1) is 17.2 Å².